The molecule has 0 fully saturated rings. The van der Waals surface area contributed by atoms with Gasteiger partial charge in [0, 0.05) is 0 Å². The van der Waals surface area contributed by atoms with Gasteiger partial charge in [0.2, 0.25) is 0 Å². The Morgan fingerprint density at radius 1 is 1.19 bits per heavy atom. The Kier molecular flexibility index (Phi) is 7.65. The highest BCUT2D eigenvalue weighted by Gasteiger charge is 2.07. The maximum absolute atomic E-state index is 10.9. The topological polar surface area (TPSA) is 37.3 Å². The number of aromatic carboxylic acids is 1. The fraction of sp³-hybridized carbons (Fsp3) is 0.462. The summed E-state index contributed by atoms with van der Waals surface area (Å²) < 4.78 is 0. The molecule has 0 saturated heterocycles. The molecule has 0 atom stereocenters. The third kappa shape index (κ3) is 4.67. The van der Waals surface area contributed by atoms with Gasteiger partial charge in [-0.3, -0.25) is 0 Å². The molecule has 1 N–H and O–H groups in total. The lowest BCUT2D eigenvalue weighted by molar-refractivity contribution is 0.0695. The molecule has 0 bridgehead atoms. The first kappa shape index (κ1) is 15.0. The van der Waals surface area contributed by atoms with E-state index in [1.807, 2.05) is 12.1 Å². The Labute approximate surface area is 103 Å². The van der Waals surface area contributed by atoms with Gasteiger partial charge in [-0.15, -0.1) is 12.4 Å². The first-order valence-electron chi connectivity index (χ1n) is 5.57. The van der Waals surface area contributed by atoms with Gasteiger partial charge in [0.1, 0.15) is 0 Å². The molecule has 3 heteroatoms. The van der Waals surface area contributed by atoms with Crippen molar-refractivity contribution in [3.05, 3.63) is 35.4 Å². The quantitative estimate of drug-likeness (QED) is 0.768. The average Bonchev–Trinajstić information content (AvgIpc) is 2.25. The van der Waals surface area contributed by atoms with Crippen LogP contribution in [0.3, 0.4) is 0 Å². The second-order valence-electron chi connectivity index (χ2n) is 3.77. The number of hydrogen-bond acceptors (Lipinski definition) is 1. The number of unbranched alkanes of at least 4 members (excludes halogenated alkanes) is 3. The van der Waals surface area contributed by atoms with E-state index in [2.05, 4.69) is 6.92 Å². The molecule has 0 radical (unpaired) electrons. The molecule has 0 aromatic heterocycles. The monoisotopic (exact) mass is 242 g/mol. The number of carboxylic acids is 1. The first-order valence-corrected chi connectivity index (χ1v) is 5.57. The zero-order valence-corrected chi connectivity index (χ0v) is 10.4. The Morgan fingerprint density at radius 3 is 2.50 bits per heavy atom. The smallest absolute Gasteiger partial charge is 0.335 e. The van der Waals surface area contributed by atoms with Gasteiger partial charge in [-0.1, -0.05) is 44.4 Å². The molecule has 0 aliphatic heterocycles. The highest BCUT2D eigenvalue weighted by Crippen LogP contribution is 2.13. The zero-order chi connectivity index (χ0) is 11.1. The number of carbonyl (C=O) groups is 1. The van der Waals surface area contributed by atoms with E-state index in [4.69, 9.17) is 5.11 Å². The lowest BCUT2D eigenvalue weighted by atomic mass is 10.0. The van der Waals surface area contributed by atoms with Gasteiger partial charge in [0.05, 0.1) is 5.56 Å². The molecule has 0 saturated carbocycles. The normalized spacial score (nSPS) is 9.56. The van der Waals surface area contributed by atoms with Crippen molar-refractivity contribution in [3.8, 4) is 0 Å². The summed E-state index contributed by atoms with van der Waals surface area (Å²) in [5.41, 5.74) is 1.41. The fourth-order valence-electron chi connectivity index (χ4n) is 1.69. The average molecular weight is 243 g/mol. The molecule has 1 rings (SSSR count). The Balaban J connectivity index is 0.00000225. The molecule has 0 aliphatic carbocycles. The molecular weight excluding hydrogens is 224 g/mol. The summed E-state index contributed by atoms with van der Waals surface area (Å²) in [4.78, 5) is 10.9. The van der Waals surface area contributed by atoms with Crippen LogP contribution in [0, 0.1) is 0 Å². The lowest BCUT2D eigenvalue weighted by Gasteiger charge is -2.05. The maximum Gasteiger partial charge on any atom is 0.335 e. The Bertz CT molecular complexity index is 323. The zero-order valence-electron chi connectivity index (χ0n) is 9.61. The SMILES string of the molecule is CCCCCCc1ccccc1C(=O)O.Cl. The van der Waals surface area contributed by atoms with E-state index >= 15 is 0 Å². The summed E-state index contributed by atoms with van der Waals surface area (Å²) in [6, 6.07) is 7.27. The largest absolute Gasteiger partial charge is 0.478 e. The Morgan fingerprint density at radius 2 is 1.88 bits per heavy atom. The first-order chi connectivity index (χ1) is 7.25. The lowest BCUT2D eigenvalue weighted by Crippen LogP contribution is -2.02. The van der Waals surface area contributed by atoms with Crippen LogP contribution in [0.15, 0.2) is 24.3 Å². The molecule has 1 aromatic carbocycles. The van der Waals surface area contributed by atoms with Gasteiger partial charge in [0.15, 0.2) is 0 Å². The summed E-state index contributed by atoms with van der Waals surface area (Å²) in [6.45, 7) is 2.17. The van der Waals surface area contributed by atoms with E-state index < -0.39 is 5.97 Å². The van der Waals surface area contributed by atoms with Crippen LogP contribution in [0.1, 0.15) is 48.5 Å². The molecule has 1 aromatic rings. The summed E-state index contributed by atoms with van der Waals surface area (Å²) in [5.74, 6) is -0.818. The Hall–Kier alpha value is -1.02. The van der Waals surface area contributed by atoms with Crippen molar-refractivity contribution in [3.63, 3.8) is 0 Å². The van der Waals surface area contributed by atoms with Gasteiger partial charge in [-0.05, 0) is 24.5 Å². The van der Waals surface area contributed by atoms with Crippen molar-refractivity contribution in [1.29, 1.82) is 0 Å². The van der Waals surface area contributed by atoms with E-state index in [9.17, 15) is 4.79 Å². The van der Waals surface area contributed by atoms with E-state index in [1.54, 1.807) is 12.1 Å². The third-order valence-electron chi connectivity index (χ3n) is 2.55. The van der Waals surface area contributed by atoms with E-state index in [1.165, 1.54) is 19.3 Å². The van der Waals surface area contributed by atoms with Crippen LogP contribution in [-0.2, 0) is 6.42 Å². The van der Waals surface area contributed by atoms with E-state index in [-0.39, 0.29) is 12.4 Å². The number of rotatable bonds is 6. The van der Waals surface area contributed by atoms with Crippen LogP contribution in [0.5, 0.6) is 0 Å². The maximum atomic E-state index is 10.9. The van der Waals surface area contributed by atoms with Crippen molar-refractivity contribution in [2.24, 2.45) is 0 Å². The summed E-state index contributed by atoms with van der Waals surface area (Å²) in [5, 5.41) is 8.97. The number of halogens is 1. The highest BCUT2D eigenvalue weighted by molar-refractivity contribution is 5.89. The van der Waals surface area contributed by atoms with Crippen LogP contribution in [-0.4, -0.2) is 11.1 Å². The molecule has 0 amide bonds. The minimum Gasteiger partial charge on any atom is -0.478 e. The molecule has 2 nitrogen and oxygen atoms in total. The predicted octanol–water partition coefficient (Wildman–Crippen LogP) is 3.93. The van der Waals surface area contributed by atoms with Gasteiger partial charge in [-0.2, -0.15) is 0 Å². The van der Waals surface area contributed by atoms with Crippen molar-refractivity contribution in [2.75, 3.05) is 0 Å². The highest BCUT2D eigenvalue weighted by atomic mass is 35.5. The minimum absolute atomic E-state index is 0. The van der Waals surface area contributed by atoms with Crippen molar-refractivity contribution in [1.82, 2.24) is 0 Å². The third-order valence-corrected chi connectivity index (χ3v) is 2.55. The summed E-state index contributed by atoms with van der Waals surface area (Å²) in [6.07, 6.45) is 5.58. The number of carboxylic acid groups (broad SMARTS) is 1. The van der Waals surface area contributed by atoms with Crippen LogP contribution in [0.2, 0.25) is 0 Å². The van der Waals surface area contributed by atoms with E-state index in [0.717, 1.165) is 18.4 Å². The molecule has 16 heavy (non-hydrogen) atoms. The molecular formula is C13H19ClO2. The van der Waals surface area contributed by atoms with Gasteiger partial charge >= 0.3 is 5.97 Å². The van der Waals surface area contributed by atoms with Crippen LogP contribution >= 0.6 is 12.4 Å². The predicted molar refractivity (Wildman–Crippen MR) is 68.5 cm³/mol. The van der Waals surface area contributed by atoms with Crippen molar-refractivity contribution in [2.45, 2.75) is 39.0 Å². The van der Waals surface area contributed by atoms with Gasteiger partial charge < -0.3 is 5.11 Å². The van der Waals surface area contributed by atoms with E-state index in [0.29, 0.717) is 5.56 Å². The molecule has 0 unspecified atom stereocenters. The molecule has 0 spiro atoms. The van der Waals surface area contributed by atoms with Crippen molar-refractivity contribution < 1.29 is 9.90 Å². The number of hydrogen-bond donors (Lipinski definition) is 1. The number of benzene rings is 1. The van der Waals surface area contributed by atoms with Crippen LogP contribution in [0.25, 0.3) is 0 Å². The molecule has 90 valence electrons. The summed E-state index contributed by atoms with van der Waals surface area (Å²) in [7, 11) is 0. The molecule has 0 aliphatic rings. The van der Waals surface area contributed by atoms with Crippen LogP contribution < -0.4 is 0 Å². The minimum atomic E-state index is -0.818. The van der Waals surface area contributed by atoms with Gasteiger partial charge in [0.25, 0.3) is 0 Å². The second-order valence-corrected chi connectivity index (χ2v) is 3.77. The molecule has 0 heterocycles. The number of aryl methyl sites for hydroxylation is 1. The summed E-state index contributed by atoms with van der Waals surface area (Å²) >= 11 is 0. The standard InChI is InChI=1S/C13H18O2.ClH/c1-2-3-4-5-8-11-9-6-7-10-12(11)13(14)15;/h6-7,9-10H,2-5,8H2,1H3,(H,14,15);1H. The van der Waals surface area contributed by atoms with Crippen molar-refractivity contribution >= 4 is 18.4 Å². The fourth-order valence-corrected chi connectivity index (χ4v) is 1.69. The van der Waals surface area contributed by atoms with Crippen LogP contribution in [0.4, 0.5) is 0 Å². The van der Waals surface area contributed by atoms with Gasteiger partial charge in [-0.25, -0.2) is 4.79 Å². The second kappa shape index (κ2) is 8.17.